The summed E-state index contributed by atoms with van der Waals surface area (Å²) in [4.78, 5) is 42.5. The predicted molar refractivity (Wildman–Crippen MR) is 134 cm³/mol. The Labute approximate surface area is 211 Å². The molecule has 4 rings (SSSR count). The molecule has 0 amide bonds. The van der Waals surface area contributed by atoms with Gasteiger partial charge in [0.25, 0.3) is 11.2 Å². The van der Waals surface area contributed by atoms with Gasteiger partial charge in [-0.05, 0) is 50.6 Å². The Balaban J connectivity index is 2.01. The van der Waals surface area contributed by atoms with Crippen molar-refractivity contribution in [3.8, 4) is 5.75 Å². The van der Waals surface area contributed by atoms with Crippen molar-refractivity contribution in [2.75, 3.05) is 6.61 Å². The monoisotopic (exact) mass is 557 g/mol. The average molecular weight is 558 g/mol. The van der Waals surface area contributed by atoms with Gasteiger partial charge >= 0.3 is 5.97 Å². The van der Waals surface area contributed by atoms with Crippen LogP contribution in [0.5, 0.6) is 5.75 Å². The zero-order valence-corrected chi connectivity index (χ0v) is 21.3. The van der Waals surface area contributed by atoms with Gasteiger partial charge in [0.2, 0.25) is 0 Å². The quantitative estimate of drug-likeness (QED) is 0.291. The van der Waals surface area contributed by atoms with Crippen molar-refractivity contribution >= 4 is 45.0 Å². The highest BCUT2D eigenvalue weighted by molar-refractivity contribution is 9.10. The summed E-state index contributed by atoms with van der Waals surface area (Å²) in [5.74, 6) is -0.658. The lowest BCUT2D eigenvalue weighted by atomic mass is 9.94. The zero-order valence-electron chi connectivity index (χ0n) is 18.9. The van der Waals surface area contributed by atoms with Gasteiger partial charge in [0, 0.05) is 21.7 Å². The number of rotatable bonds is 5. The van der Waals surface area contributed by atoms with Crippen LogP contribution in [0.25, 0.3) is 6.08 Å². The van der Waals surface area contributed by atoms with Crippen LogP contribution in [0.2, 0.25) is 0 Å². The topological polar surface area (TPSA) is 124 Å². The van der Waals surface area contributed by atoms with E-state index in [9.17, 15) is 24.8 Å². The number of fused-ring (bicyclic) bond motifs is 1. The number of nitro groups is 1. The Morgan fingerprint density at radius 2 is 2.06 bits per heavy atom. The van der Waals surface area contributed by atoms with E-state index in [1.807, 2.05) is 0 Å². The van der Waals surface area contributed by atoms with Gasteiger partial charge in [-0.2, -0.15) is 0 Å². The minimum absolute atomic E-state index is 0.00635. The van der Waals surface area contributed by atoms with E-state index in [1.54, 1.807) is 51.1 Å². The molecule has 2 aromatic carbocycles. The summed E-state index contributed by atoms with van der Waals surface area (Å²) in [6.45, 7) is 5.03. The van der Waals surface area contributed by atoms with Crippen molar-refractivity contribution in [3.05, 3.63) is 98.6 Å². The Morgan fingerprint density at radius 3 is 2.74 bits per heavy atom. The first kappa shape index (κ1) is 24.6. The third kappa shape index (κ3) is 4.56. The van der Waals surface area contributed by atoms with E-state index in [0.717, 1.165) is 15.8 Å². The molecule has 0 unspecified atom stereocenters. The fraction of sp³-hybridized carbons (Fsp3) is 0.208. The normalized spacial score (nSPS) is 15.5. The van der Waals surface area contributed by atoms with Crippen LogP contribution in [0.4, 0.5) is 5.69 Å². The molecule has 1 aliphatic heterocycles. The third-order valence-electron chi connectivity index (χ3n) is 5.54. The minimum Gasteiger partial charge on any atom is -0.507 e. The third-order valence-corrected chi connectivity index (χ3v) is 7.02. The minimum atomic E-state index is -0.970. The standard InChI is InChI=1S/C24H20BrN3O6S/c1-4-34-23(31)20-13(3)26-24-27(21(20)14-6-5-12(2)17(10-14)28(32)33)22(30)19(35-24)11-15-9-16(25)7-8-18(15)29/h5-11,21,29H,4H2,1-3H3/b19-11+/t21-/m0/s1. The van der Waals surface area contributed by atoms with Crippen molar-refractivity contribution in [2.45, 2.75) is 26.8 Å². The van der Waals surface area contributed by atoms with Crippen LogP contribution in [0.15, 0.2) is 61.9 Å². The Hall–Kier alpha value is -3.57. The molecule has 1 atom stereocenters. The maximum atomic E-state index is 13.6. The summed E-state index contributed by atoms with van der Waals surface area (Å²) in [5.41, 5.74) is 1.18. The second kappa shape index (κ2) is 9.59. The first-order valence-electron chi connectivity index (χ1n) is 10.6. The number of ether oxygens (including phenoxy) is 1. The van der Waals surface area contributed by atoms with E-state index in [-0.39, 0.29) is 28.1 Å². The molecular formula is C24H20BrN3O6S. The van der Waals surface area contributed by atoms with Crippen LogP contribution in [-0.4, -0.2) is 27.2 Å². The van der Waals surface area contributed by atoms with Gasteiger partial charge in [0.05, 0.1) is 33.4 Å². The fourth-order valence-electron chi connectivity index (χ4n) is 3.88. The zero-order chi connectivity index (χ0) is 25.4. The fourth-order valence-corrected chi connectivity index (χ4v) is 5.30. The highest BCUT2D eigenvalue weighted by Gasteiger charge is 2.34. The number of allylic oxidation sites excluding steroid dienone is 1. The maximum Gasteiger partial charge on any atom is 0.338 e. The Kier molecular flexibility index (Phi) is 6.73. The molecule has 3 aromatic rings. The lowest BCUT2D eigenvalue weighted by molar-refractivity contribution is -0.385. The Bertz CT molecular complexity index is 1590. The number of nitro benzene ring substituents is 1. The molecular weight excluding hydrogens is 538 g/mol. The first-order valence-corrected chi connectivity index (χ1v) is 12.2. The number of aryl methyl sites for hydroxylation is 1. The van der Waals surface area contributed by atoms with Gasteiger partial charge < -0.3 is 9.84 Å². The van der Waals surface area contributed by atoms with Gasteiger partial charge in [-0.25, -0.2) is 9.79 Å². The number of carbonyl (C=O) groups excluding carboxylic acids is 1. The van der Waals surface area contributed by atoms with E-state index >= 15 is 0 Å². The molecule has 2 heterocycles. The number of phenolic OH excluding ortho intramolecular Hbond substituents is 1. The van der Waals surface area contributed by atoms with Crippen LogP contribution in [0, 0.1) is 17.0 Å². The van der Waals surface area contributed by atoms with Crippen LogP contribution in [0.3, 0.4) is 0 Å². The summed E-state index contributed by atoms with van der Waals surface area (Å²) in [5, 5.41) is 21.8. The summed E-state index contributed by atoms with van der Waals surface area (Å²) < 4.78 is 7.59. The number of thiazole rings is 1. The summed E-state index contributed by atoms with van der Waals surface area (Å²) in [6.07, 6.45) is 1.54. The molecule has 0 fully saturated rings. The number of halogens is 1. The number of nitrogens with zero attached hydrogens (tertiary/aromatic N) is 3. The van der Waals surface area contributed by atoms with Gasteiger partial charge in [-0.3, -0.25) is 19.5 Å². The molecule has 0 radical (unpaired) electrons. The van der Waals surface area contributed by atoms with Gasteiger partial charge in [0.15, 0.2) is 4.80 Å². The van der Waals surface area contributed by atoms with Crippen LogP contribution >= 0.6 is 27.3 Å². The number of hydrogen-bond donors (Lipinski definition) is 1. The van der Waals surface area contributed by atoms with E-state index < -0.39 is 22.5 Å². The number of benzene rings is 2. The van der Waals surface area contributed by atoms with E-state index in [0.29, 0.717) is 27.2 Å². The Morgan fingerprint density at radius 1 is 1.31 bits per heavy atom. The molecule has 1 aliphatic rings. The smallest absolute Gasteiger partial charge is 0.338 e. The molecule has 0 saturated carbocycles. The molecule has 0 bridgehead atoms. The van der Waals surface area contributed by atoms with Crippen molar-refractivity contribution in [3.63, 3.8) is 0 Å². The van der Waals surface area contributed by atoms with Crippen molar-refractivity contribution < 1.29 is 19.6 Å². The molecule has 9 nitrogen and oxygen atoms in total. The molecule has 11 heteroatoms. The van der Waals surface area contributed by atoms with E-state index in [4.69, 9.17) is 4.74 Å². The lowest BCUT2D eigenvalue weighted by Crippen LogP contribution is -2.40. The number of carbonyl (C=O) groups is 1. The maximum absolute atomic E-state index is 13.6. The second-order valence-corrected chi connectivity index (χ2v) is 9.73. The van der Waals surface area contributed by atoms with Gasteiger partial charge in [-0.1, -0.05) is 39.4 Å². The summed E-state index contributed by atoms with van der Waals surface area (Å²) in [7, 11) is 0. The second-order valence-electron chi connectivity index (χ2n) is 7.81. The van der Waals surface area contributed by atoms with E-state index in [1.165, 1.54) is 16.7 Å². The molecule has 1 aromatic heterocycles. The number of esters is 1. The van der Waals surface area contributed by atoms with Crippen molar-refractivity contribution in [1.82, 2.24) is 4.57 Å². The highest BCUT2D eigenvalue weighted by Crippen LogP contribution is 2.33. The summed E-state index contributed by atoms with van der Waals surface area (Å²) >= 11 is 4.45. The number of hydrogen-bond acceptors (Lipinski definition) is 8. The van der Waals surface area contributed by atoms with Gasteiger partial charge in [0.1, 0.15) is 5.75 Å². The molecule has 35 heavy (non-hydrogen) atoms. The largest absolute Gasteiger partial charge is 0.507 e. The molecule has 0 spiro atoms. The molecule has 1 N–H and O–H groups in total. The summed E-state index contributed by atoms with van der Waals surface area (Å²) in [6, 6.07) is 8.49. The first-order chi connectivity index (χ1) is 16.6. The number of aromatic nitrogens is 1. The average Bonchev–Trinajstić information content (AvgIpc) is 3.10. The lowest BCUT2D eigenvalue weighted by Gasteiger charge is -2.24. The van der Waals surface area contributed by atoms with Crippen LogP contribution < -0.4 is 14.9 Å². The molecule has 0 saturated heterocycles. The highest BCUT2D eigenvalue weighted by atomic mass is 79.9. The number of phenols is 1. The SMILES string of the molecule is CCOC(=O)C1=C(C)N=c2s/c(=C/c3cc(Br)ccc3O)c(=O)n2[C@H]1c1ccc(C)c([N+](=O)[O-])c1. The van der Waals surface area contributed by atoms with Crippen molar-refractivity contribution in [2.24, 2.45) is 4.99 Å². The van der Waals surface area contributed by atoms with Gasteiger partial charge in [-0.15, -0.1) is 0 Å². The predicted octanol–water partition coefficient (Wildman–Crippen LogP) is 3.48. The van der Waals surface area contributed by atoms with Crippen LogP contribution in [-0.2, 0) is 9.53 Å². The van der Waals surface area contributed by atoms with Crippen molar-refractivity contribution in [1.29, 1.82) is 0 Å². The van der Waals surface area contributed by atoms with Crippen LogP contribution in [0.1, 0.15) is 36.6 Å². The number of aromatic hydroxyl groups is 1. The molecule has 0 aliphatic carbocycles. The molecule has 180 valence electrons. The van der Waals surface area contributed by atoms with E-state index in [2.05, 4.69) is 20.9 Å².